The highest BCUT2D eigenvalue weighted by atomic mass is 16.5. The fourth-order valence-electron chi connectivity index (χ4n) is 1.42. The van der Waals surface area contributed by atoms with Crippen molar-refractivity contribution in [2.75, 3.05) is 6.61 Å². The topological polar surface area (TPSA) is 63.6 Å². The van der Waals surface area contributed by atoms with E-state index in [0.29, 0.717) is 18.9 Å². The first-order valence-electron chi connectivity index (χ1n) is 5.97. The smallest absolute Gasteiger partial charge is 0.372 e. The van der Waals surface area contributed by atoms with E-state index < -0.39 is 11.8 Å². The molecule has 1 aromatic carbocycles. The molecule has 0 amide bonds. The van der Waals surface area contributed by atoms with Crippen LogP contribution < -0.4 is 4.74 Å². The molecule has 0 saturated carbocycles. The summed E-state index contributed by atoms with van der Waals surface area (Å²) < 4.78 is 5.56. The van der Waals surface area contributed by atoms with E-state index in [1.54, 1.807) is 0 Å². The van der Waals surface area contributed by atoms with Crippen LogP contribution in [0.1, 0.15) is 25.8 Å². The molecule has 0 spiro atoms. The lowest BCUT2D eigenvalue weighted by atomic mass is 10.1. The molecule has 0 aliphatic carbocycles. The van der Waals surface area contributed by atoms with Gasteiger partial charge in [-0.25, -0.2) is 4.79 Å². The Morgan fingerprint density at radius 2 is 2.06 bits per heavy atom. The number of ether oxygens (including phenoxy) is 1. The number of carbonyl (C=O) groups excluding carboxylic acids is 1. The fraction of sp³-hybridized carbons (Fsp3) is 0.429. The summed E-state index contributed by atoms with van der Waals surface area (Å²) in [6, 6.07) is 7.40. The molecule has 1 aromatic rings. The maximum atomic E-state index is 11.0. The van der Waals surface area contributed by atoms with Crippen LogP contribution in [0.25, 0.3) is 0 Å². The summed E-state index contributed by atoms with van der Waals surface area (Å²) in [7, 11) is 0. The largest absolute Gasteiger partial charge is 0.493 e. The van der Waals surface area contributed by atoms with Crippen molar-refractivity contribution in [2.24, 2.45) is 5.92 Å². The van der Waals surface area contributed by atoms with Crippen LogP contribution in [-0.4, -0.2) is 23.5 Å². The van der Waals surface area contributed by atoms with Crippen molar-refractivity contribution in [3.05, 3.63) is 29.8 Å². The van der Waals surface area contributed by atoms with Gasteiger partial charge in [-0.05, 0) is 30.0 Å². The van der Waals surface area contributed by atoms with Gasteiger partial charge in [-0.15, -0.1) is 0 Å². The number of carboxylic acids is 1. The molecular formula is C14H18O4. The highest BCUT2D eigenvalue weighted by Crippen LogP contribution is 2.15. The molecule has 18 heavy (non-hydrogen) atoms. The molecule has 0 fully saturated rings. The van der Waals surface area contributed by atoms with Gasteiger partial charge in [-0.1, -0.05) is 26.0 Å². The predicted octanol–water partition coefficient (Wildman–Crippen LogP) is 2.31. The minimum Gasteiger partial charge on any atom is -0.493 e. The molecule has 0 heterocycles. The van der Waals surface area contributed by atoms with Crippen LogP contribution in [0, 0.1) is 5.92 Å². The number of hydrogen-bond donors (Lipinski definition) is 1. The number of Topliss-reactive ketones (excluding diaryl/α,β-unsaturated/α-hetero) is 1. The van der Waals surface area contributed by atoms with Crippen molar-refractivity contribution in [2.45, 2.75) is 26.7 Å². The molecule has 0 aliphatic heterocycles. The third kappa shape index (κ3) is 4.99. The van der Waals surface area contributed by atoms with Crippen LogP contribution in [0.3, 0.4) is 0 Å². The molecule has 98 valence electrons. The van der Waals surface area contributed by atoms with Crippen molar-refractivity contribution in [1.29, 1.82) is 0 Å². The van der Waals surface area contributed by atoms with Crippen molar-refractivity contribution in [3.8, 4) is 5.75 Å². The molecule has 0 saturated heterocycles. The van der Waals surface area contributed by atoms with Gasteiger partial charge in [0.05, 0.1) is 6.61 Å². The maximum Gasteiger partial charge on any atom is 0.372 e. The van der Waals surface area contributed by atoms with E-state index in [1.165, 1.54) is 0 Å². The summed E-state index contributed by atoms with van der Waals surface area (Å²) in [6.45, 7) is 4.77. The van der Waals surface area contributed by atoms with E-state index in [1.807, 2.05) is 24.3 Å². The van der Waals surface area contributed by atoms with Gasteiger partial charge in [0.15, 0.2) is 0 Å². The van der Waals surface area contributed by atoms with Crippen LogP contribution in [0.4, 0.5) is 0 Å². The van der Waals surface area contributed by atoms with Crippen LogP contribution in [0.15, 0.2) is 24.3 Å². The number of ketones is 1. The molecular weight excluding hydrogens is 232 g/mol. The van der Waals surface area contributed by atoms with Crippen molar-refractivity contribution in [1.82, 2.24) is 0 Å². The second kappa shape index (κ2) is 6.79. The van der Waals surface area contributed by atoms with Gasteiger partial charge in [-0.2, -0.15) is 0 Å². The Balaban J connectivity index is 2.54. The summed E-state index contributed by atoms with van der Waals surface area (Å²) in [5.74, 6) is -0.933. The number of aliphatic carboxylic acids is 1. The van der Waals surface area contributed by atoms with Crippen LogP contribution in [0.5, 0.6) is 5.75 Å². The maximum absolute atomic E-state index is 11.0. The van der Waals surface area contributed by atoms with Crippen LogP contribution in [0.2, 0.25) is 0 Å². The molecule has 0 unspecified atom stereocenters. The Kier molecular flexibility index (Phi) is 5.36. The third-order valence-electron chi connectivity index (χ3n) is 2.36. The second-order valence-corrected chi connectivity index (χ2v) is 4.58. The van der Waals surface area contributed by atoms with Crippen molar-refractivity contribution < 1.29 is 19.4 Å². The zero-order valence-electron chi connectivity index (χ0n) is 10.7. The summed E-state index contributed by atoms with van der Waals surface area (Å²) in [5.41, 5.74) is 0.908. The lowest BCUT2D eigenvalue weighted by Gasteiger charge is -2.09. The van der Waals surface area contributed by atoms with Gasteiger partial charge in [0, 0.05) is 6.42 Å². The lowest BCUT2D eigenvalue weighted by Crippen LogP contribution is -2.13. The van der Waals surface area contributed by atoms with Gasteiger partial charge < -0.3 is 9.84 Å². The fourth-order valence-corrected chi connectivity index (χ4v) is 1.42. The number of aryl methyl sites for hydroxylation is 1. The lowest BCUT2D eigenvalue weighted by molar-refractivity contribution is -0.149. The van der Waals surface area contributed by atoms with Crippen molar-refractivity contribution in [3.63, 3.8) is 0 Å². The molecule has 0 bridgehead atoms. The monoisotopic (exact) mass is 250 g/mol. The average molecular weight is 250 g/mol. The van der Waals surface area contributed by atoms with Crippen molar-refractivity contribution >= 4 is 11.8 Å². The van der Waals surface area contributed by atoms with Crippen LogP contribution >= 0.6 is 0 Å². The molecule has 4 heteroatoms. The molecule has 0 radical (unpaired) electrons. The van der Waals surface area contributed by atoms with Gasteiger partial charge in [0.25, 0.3) is 0 Å². The summed E-state index contributed by atoms with van der Waals surface area (Å²) >= 11 is 0. The van der Waals surface area contributed by atoms with E-state index in [9.17, 15) is 9.59 Å². The Morgan fingerprint density at radius 3 is 2.67 bits per heavy atom. The van der Waals surface area contributed by atoms with E-state index in [4.69, 9.17) is 9.84 Å². The summed E-state index contributed by atoms with van der Waals surface area (Å²) in [6.07, 6.45) is 0.437. The first-order valence-corrected chi connectivity index (χ1v) is 5.97. The third-order valence-corrected chi connectivity index (χ3v) is 2.36. The molecule has 0 aromatic heterocycles. The van der Waals surface area contributed by atoms with E-state index >= 15 is 0 Å². The van der Waals surface area contributed by atoms with E-state index in [2.05, 4.69) is 13.8 Å². The van der Waals surface area contributed by atoms with Gasteiger partial charge in [0.1, 0.15) is 5.75 Å². The van der Waals surface area contributed by atoms with Crippen LogP contribution in [-0.2, 0) is 16.0 Å². The normalized spacial score (nSPS) is 10.4. The number of benzene rings is 1. The van der Waals surface area contributed by atoms with Gasteiger partial charge in [0.2, 0.25) is 5.78 Å². The summed E-state index contributed by atoms with van der Waals surface area (Å²) in [5, 5.41) is 8.49. The minimum absolute atomic E-state index is 0.0168. The number of hydrogen-bond acceptors (Lipinski definition) is 3. The Morgan fingerprint density at radius 1 is 1.33 bits per heavy atom. The zero-order chi connectivity index (χ0) is 13.5. The highest BCUT2D eigenvalue weighted by Gasteiger charge is 2.11. The SMILES string of the molecule is CC(C)COc1cccc(CCC(=O)C(=O)O)c1. The number of rotatable bonds is 7. The second-order valence-electron chi connectivity index (χ2n) is 4.58. The minimum atomic E-state index is -1.37. The van der Waals surface area contributed by atoms with Gasteiger partial charge >= 0.3 is 5.97 Å². The highest BCUT2D eigenvalue weighted by molar-refractivity contribution is 6.32. The zero-order valence-corrected chi connectivity index (χ0v) is 10.7. The molecule has 0 atom stereocenters. The quantitative estimate of drug-likeness (QED) is 0.754. The van der Waals surface area contributed by atoms with E-state index in [0.717, 1.165) is 11.3 Å². The standard InChI is InChI=1S/C14H18O4/c1-10(2)9-18-12-5-3-4-11(8-12)6-7-13(15)14(16)17/h3-5,8,10H,6-7,9H2,1-2H3,(H,16,17). The molecule has 4 nitrogen and oxygen atoms in total. The molecule has 0 aliphatic rings. The molecule has 1 N–H and O–H groups in total. The summed E-state index contributed by atoms with van der Waals surface area (Å²) in [4.78, 5) is 21.4. The first-order chi connectivity index (χ1) is 8.49. The average Bonchev–Trinajstić information content (AvgIpc) is 2.33. The number of carboxylic acid groups (broad SMARTS) is 1. The Hall–Kier alpha value is -1.84. The predicted molar refractivity (Wildman–Crippen MR) is 67.7 cm³/mol. The van der Waals surface area contributed by atoms with E-state index in [-0.39, 0.29) is 6.42 Å². The number of carbonyl (C=O) groups is 2. The Bertz CT molecular complexity index is 424. The van der Waals surface area contributed by atoms with Gasteiger partial charge in [-0.3, -0.25) is 4.79 Å². The first kappa shape index (κ1) is 14.2. The molecule has 1 rings (SSSR count). The Labute approximate surface area is 107 Å².